The largest absolute Gasteiger partial charge is 0.328 e. The molecule has 0 fully saturated rings. The number of hydrogen-bond donors (Lipinski definition) is 2. The number of aromatic nitrogens is 3. The van der Waals surface area contributed by atoms with E-state index in [4.69, 9.17) is 0 Å². The maximum atomic E-state index is 13.3. The second kappa shape index (κ2) is 7.31. The molecule has 0 bridgehead atoms. The molecule has 4 rings (SSSR count). The lowest BCUT2D eigenvalue weighted by molar-refractivity contribution is -0.113. The second-order valence-electron chi connectivity index (χ2n) is 6.96. The van der Waals surface area contributed by atoms with Crippen molar-refractivity contribution >= 4 is 17.5 Å². The van der Waals surface area contributed by atoms with Gasteiger partial charge in [-0.15, -0.1) is 0 Å². The molecule has 1 aliphatic rings. The SMILES string of the molecule is CCc1ccc([C@@H]2C(C(=O)Nc3ccccc3C)=C(C)Nc3ncnn32)cc1. The van der Waals surface area contributed by atoms with Crippen LogP contribution in [0, 0.1) is 6.92 Å². The van der Waals surface area contributed by atoms with Gasteiger partial charge in [0.15, 0.2) is 0 Å². The van der Waals surface area contributed by atoms with Crippen LogP contribution in [0.3, 0.4) is 0 Å². The zero-order valence-electron chi connectivity index (χ0n) is 16.2. The van der Waals surface area contributed by atoms with Crippen molar-refractivity contribution in [3.05, 3.63) is 82.8 Å². The first-order chi connectivity index (χ1) is 13.6. The summed E-state index contributed by atoms with van der Waals surface area (Å²) in [5.74, 6) is 0.486. The van der Waals surface area contributed by atoms with Crippen molar-refractivity contribution < 1.29 is 4.79 Å². The van der Waals surface area contributed by atoms with E-state index in [9.17, 15) is 4.79 Å². The Morgan fingerprint density at radius 1 is 1.14 bits per heavy atom. The van der Waals surface area contributed by atoms with Crippen LogP contribution in [-0.4, -0.2) is 20.7 Å². The minimum atomic E-state index is -0.339. The Kier molecular flexibility index (Phi) is 4.69. The molecule has 28 heavy (non-hydrogen) atoms. The minimum Gasteiger partial charge on any atom is -0.328 e. The number of carbonyl (C=O) groups excluding carboxylic acids is 1. The van der Waals surface area contributed by atoms with Crippen molar-refractivity contribution in [2.24, 2.45) is 0 Å². The highest BCUT2D eigenvalue weighted by molar-refractivity contribution is 6.06. The van der Waals surface area contributed by atoms with Gasteiger partial charge < -0.3 is 10.6 Å². The van der Waals surface area contributed by atoms with Crippen molar-refractivity contribution in [3.8, 4) is 0 Å². The number of amides is 1. The molecule has 3 aromatic rings. The normalized spacial score (nSPS) is 15.8. The van der Waals surface area contributed by atoms with E-state index >= 15 is 0 Å². The average molecular weight is 373 g/mol. The van der Waals surface area contributed by atoms with Crippen LogP contribution in [0.5, 0.6) is 0 Å². The molecule has 6 nitrogen and oxygen atoms in total. The zero-order chi connectivity index (χ0) is 19.7. The van der Waals surface area contributed by atoms with Gasteiger partial charge in [0.05, 0.1) is 5.57 Å². The summed E-state index contributed by atoms with van der Waals surface area (Å²) in [7, 11) is 0. The first kappa shape index (κ1) is 18.0. The van der Waals surface area contributed by atoms with Gasteiger partial charge in [0.2, 0.25) is 5.95 Å². The Balaban J connectivity index is 1.76. The summed E-state index contributed by atoms with van der Waals surface area (Å²) in [6.07, 6.45) is 2.47. The predicted octanol–water partition coefficient (Wildman–Crippen LogP) is 4.08. The molecule has 0 saturated heterocycles. The summed E-state index contributed by atoms with van der Waals surface area (Å²) in [4.78, 5) is 17.6. The number of benzene rings is 2. The van der Waals surface area contributed by atoms with E-state index in [1.54, 1.807) is 4.68 Å². The zero-order valence-corrected chi connectivity index (χ0v) is 16.2. The smallest absolute Gasteiger partial charge is 0.255 e. The first-order valence-electron chi connectivity index (χ1n) is 9.41. The number of anilines is 2. The maximum Gasteiger partial charge on any atom is 0.255 e. The van der Waals surface area contributed by atoms with Crippen molar-refractivity contribution in [1.29, 1.82) is 0 Å². The van der Waals surface area contributed by atoms with Gasteiger partial charge >= 0.3 is 0 Å². The van der Waals surface area contributed by atoms with Crippen LogP contribution in [-0.2, 0) is 11.2 Å². The maximum absolute atomic E-state index is 13.3. The van der Waals surface area contributed by atoms with Crippen molar-refractivity contribution in [1.82, 2.24) is 14.8 Å². The van der Waals surface area contributed by atoms with Crippen molar-refractivity contribution in [3.63, 3.8) is 0 Å². The summed E-state index contributed by atoms with van der Waals surface area (Å²) in [6, 6.07) is 15.7. The van der Waals surface area contributed by atoms with Gasteiger partial charge in [-0.25, -0.2) is 4.68 Å². The molecule has 1 aromatic heterocycles. The Bertz CT molecular complexity index is 1050. The molecule has 1 atom stereocenters. The van der Waals surface area contributed by atoms with E-state index in [0.29, 0.717) is 11.5 Å². The lowest BCUT2D eigenvalue weighted by Gasteiger charge is -2.29. The fourth-order valence-electron chi connectivity index (χ4n) is 3.53. The molecule has 2 N–H and O–H groups in total. The molecular weight excluding hydrogens is 350 g/mol. The number of hydrogen-bond acceptors (Lipinski definition) is 4. The van der Waals surface area contributed by atoms with Crippen molar-refractivity contribution in [2.75, 3.05) is 10.6 Å². The topological polar surface area (TPSA) is 71.8 Å². The van der Waals surface area contributed by atoms with Crippen LogP contribution in [0.2, 0.25) is 0 Å². The summed E-state index contributed by atoms with van der Waals surface area (Å²) >= 11 is 0. The van der Waals surface area contributed by atoms with E-state index in [0.717, 1.165) is 28.9 Å². The molecule has 1 aliphatic heterocycles. The average Bonchev–Trinajstić information content (AvgIpc) is 3.16. The van der Waals surface area contributed by atoms with E-state index in [2.05, 4.69) is 51.9 Å². The fourth-order valence-corrected chi connectivity index (χ4v) is 3.53. The molecular formula is C22H23N5O. The van der Waals surface area contributed by atoms with Crippen LogP contribution in [0.4, 0.5) is 11.6 Å². The molecule has 2 heterocycles. The quantitative estimate of drug-likeness (QED) is 0.723. The number of rotatable bonds is 4. The summed E-state index contributed by atoms with van der Waals surface area (Å²) in [6.45, 7) is 6.00. The van der Waals surface area contributed by atoms with Gasteiger partial charge in [-0.1, -0.05) is 49.4 Å². The van der Waals surface area contributed by atoms with E-state index in [-0.39, 0.29) is 11.9 Å². The molecule has 0 unspecified atom stereocenters. The van der Waals surface area contributed by atoms with Gasteiger partial charge in [0, 0.05) is 11.4 Å². The molecule has 0 spiro atoms. The molecule has 0 radical (unpaired) electrons. The highest BCUT2D eigenvalue weighted by atomic mass is 16.1. The number of allylic oxidation sites excluding steroid dienone is 1. The lowest BCUT2D eigenvalue weighted by Crippen LogP contribution is -2.31. The highest BCUT2D eigenvalue weighted by Crippen LogP contribution is 2.35. The number of fused-ring (bicyclic) bond motifs is 1. The van der Waals surface area contributed by atoms with E-state index < -0.39 is 0 Å². The van der Waals surface area contributed by atoms with Crippen molar-refractivity contribution in [2.45, 2.75) is 33.2 Å². The van der Waals surface area contributed by atoms with E-state index in [1.165, 1.54) is 11.9 Å². The van der Waals surface area contributed by atoms with Gasteiger partial charge in [-0.05, 0) is 43.0 Å². The monoisotopic (exact) mass is 373 g/mol. The first-order valence-corrected chi connectivity index (χ1v) is 9.41. The minimum absolute atomic E-state index is 0.148. The molecule has 142 valence electrons. The summed E-state index contributed by atoms with van der Waals surface area (Å²) < 4.78 is 1.76. The van der Waals surface area contributed by atoms with Crippen LogP contribution in [0.1, 0.15) is 36.6 Å². The van der Waals surface area contributed by atoms with Gasteiger partial charge in [-0.3, -0.25) is 4.79 Å². The van der Waals surface area contributed by atoms with Crippen LogP contribution in [0.25, 0.3) is 0 Å². The fraction of sp³-hybridized carbons (Fsp3) is 0.227. The number of para-hydroxylation sites is 1. The Labute approximate surface area is 164 Å². The highest BCUT2D eigenvalue weighted by Gasteiger charge is 2.33. The Hall–Kier alpha value is -3.41. The third-order valence-electron chi connectivity index (χ3n) is 5.14. The molecule has 6 heteroatoms. The third kappa shape index (κ3) is 3.17. The summed E-state index contributed by atoms with van der Waals surface area (Å²) in [5.41, 5.74) is 5.48. The Morgan fingerprint density at radius 3 is 2.61 bits per heavy atom. The summed E-state index contributed by atoms with van der Waals surface area (Å²) in [5, 5.41) is 10.6. The second-order valence-corrected chi connectivity index (χ2v) is 6.96. The van der Waals surface area contributed by atoms with Crippen LogP contribution in [0.15, 0.2) is 66.1 Å². The van der Waals surface area contributed by atoms with Crippen LogP contribution < -0.4 is 10.6 Å². The van der Waals surface area contributed by atoms with Gasteiger partial charge in [-0.2, -0.15) is 10.1 Å². The number of nitrogens with zero attached hydrogens (tertiary/aromatic N) is 3. The number of nitrogens with one attached hydrogen (secondary N) is 2. The molecule has 1 amide bonds. The number of carbonyl (C=O) groups is 1. The molecule has 0 saturated carbocycles. The Morgan fingerprint density at radius 2 is 1.89 bits per heavy atom. The lowest BCUT2D eigenvalue weighted by atomic mass is 9.94. The van der Waals surface area contributed by atoms with Gasteiger partial charge in [0.1, 0.15) is 12.4 Å². The van der Waals surface area contributed by atoms with Gasteiger partial charge in [0.25, 0.3) is 5.91 Å². The standard InChI is InChI=1S/C22H23N5O/c1-4-16-9-11-17(12-10-16)20-19(15(3)25-22-23-13-24-27(20)22)21(28)26-18-8-6-5-7-14(18)2/h5-13,20H,4H2,1-3H3,(H,26,28)(H,23,24,25)/t20-/m1/s1. The third-order valence-corrected chi connectivity index (χ3v) is 5.14. The van der Waals surface area contributed by atoms with E-state index in [1.807, 2.05) is 38.1 Å². The predicted molar refractivity (Wildman–Crippen MR) is 110 cm³/mol. The number of aryl methyl sites for hydroxylation is 2. The molecule has 0 aliphatic carbocycles. The molecule has 2 aromatic carbocycles. The van der Waals surface area contributed by atoms with Crippen LogP contribution >= 0.6 is 0 Å².